The normalized spacial score (nSPS) is 16.6. The molecule has 1 fully saturated rings. The maximum absolute atomic E-state index is 12.3. The van der Waals surface area contributed by atoms with Crippen molar-refractivity contribution in [1.82, 2.24) is 15.4 Å². The Morgan fingerprint density at radius 3 is 2.65 bits per heavy atom. The van der Waals surface area contributed by atoms with Crippen LogP contribution < -0.4 is 5.32 Å². The smallest absolute Gasteiger partial charge is 0.227 e. The number of carbonyl (C=O) groups is 1. The highest BCUT2D eigenvalue weighted by atomic mass is 16.5. The monoisotopic (exact) mass is 279 g/mol. The zero-order valence-electron chi connectivity index (χ0n) is 12.7. The molecule has 0 saturated carbocycles. The first-order chi connectivity index (χ1) is 9.61. The Labute approximate surface area is 120 Å². The average molecular weight is 279 g/mol. The Morgan fingerprint density at radius 1 is 1.40 bits per heavy atom. The van der Waals surface area contributed by atoms with Gasteiger partial charge in [-0.25, -0.2) is 0 Å². The third-order valence-electron chi connectivity index (χ3n) is 4.28. The van der Waals surface area contributed by atoms with Crippen LogP contribution in [0.2, 0.25) is 0 Å². The zero-order valence-corrected chi connectivity index (χ0v) is 12.7. The quantitative estimate of drug-likeness (QED) is 0.891. The fraction of sp³-hybridized carbons (Fsp3) is 0.733. The van der Waals surface area contributed by atoms with E-state index in [1.807, 2.05) is 25.8 Å². The van der Waals surface area contributed by atoms with Crippen LogP contribution in [0.15, 0.2) is 4.52 Å². The van der Waals surface area contributed by atoms with Crippen LogP contribution in [0.5, 0.6) is 0 Å². The van der Waals surface area contributed by atoms with Crippen LogP contribution >= 0.6 is 0 Å². The third kappa shape index (κ3) is 3.60. The Bertz CT molecular complexity index is 428. The van der Waals surface area contributed by atoms with E-state index in [0.717, 1.165) is 55.4 Å². The van der Waals surface area contributed by atoms with E-state index in [4.69, 9.17) is 4.52 Å². The first-order valence-corrected chi connectivity index (χ1v) is 7.46. The molecule has 1 N–H and O–H groups in total. The molecule has 1 aliphatic heterocycles. The molecule has 112 valence electrons. The highest BCUT2D eigenvalue weighted by Gasteiger charge is 2.24. The number of rotatable bonds is 5. The number of amides is 1. The first kappa shape index (κ1) is 15.0. The molecular formula is C15H25N3O2. The molecule has 2 rings (SSSR count). The van der Waals surface area contributed by atoms with Gasteiger partial charge in [-0.1, -0.05) is 5.16 Å². The van der Waals surface area contributed by atoms with E-state index in [2.05, 4.69) is 10.5 Å². The van der Waals surface area contributed by atoms with Crippen molar-refractivity contribution < 1.29 is 9.32 Å². The molecule has 0 aliphatic carbocycles. The van der Waals surface area contributed by atoms with Gasteiger partial charge in [-0.3, -0.25) is 4.79 Å². The van der Waals surface area contributed by atoms with Crippen LogP contribution in [0.1, 0.15) is 36.3 Å². The Balaban J connectivity index is 1.83. The first-order valence-electron chi connectivity index (χ1n) is 7.46. The van der Waals surface area contributed by atoms with Gasteiger partial charge in [0.05, 0.1) is 12.1 Å². The summed E-state index contributed by atoms with van der Waals surface area (Å²) in [7, 11) is 1.99. The predicted octanol–water partition coefficient (Wildman–Crippen LogP) is 1.68. The van der Waals surface area contributed by atoms with Crippen LogP contribution in [-0.4, -0.2) is 42.6 Å². The molecule has 0 unspecified atom stereocenters. The number of aryl methyl sites for hydroxylation is 2. The summed E-state index contributed by atoms with van der Waals surface area (Å²) in [5.74, 6) is 1.72. The zero-order chi connectivity index (χ0) is 14.5. The average Bonchev–Trinajstić information content (AvgIpc) is 2.77. The molecule has 5 heteroatoms. The highest BCUT2D eigenvalue weighted by molar-refractivity contribution is 5.79. The summed E-state index contributed by atoms with van der Waals surface area (Å²) in [6, 6.07) is 0. The van der Waals surface area contributed by atoms with Gasteiger partial charge in [-0.15, -0.1) is 0 Å². The van der Waals surface area contributed by atoms with Gasteiger partial charge in [0, 0.05) is 18.7 Å². The standard InChI is InChI=1S/C15H25N3O2/c1-11-14(12(2)20-17-11)10-15(19)18-8-5-13(6-9-18)4-7-16-3/h13,16H,4-10H2,1-3H3. The van der Waals surface area contributed by atoms with E-state index >= 15 is 0 Å². The number of aromatic nitrogens is 1. The maximum atomic E-state index is 12.3. The number of nitrogens with one attached hydrogen (secondary N) is 1. The summed E-state index contributed by atoms with van der Waals surface area (Å²) < 4.78 is 5.12. The lowest BCUT2D eigenvalue weighted by Crippen LogP contribution is -2.39. The lowest BCUT2D eigenvalue weighted by molar-refractivity contribution is -0.131. The molecule has 2 heterocycles. The van der Waals surface area contributed by atoms with Crippen LogP contribution in [-0.2, 0) is 11.2 Å². The summed E-state index contributed by atoms with van der Waals surface area (Å²) in [5.41, 5.74) is 1.78. The van der Waals surface area contributed by atoms with Crippen LogP contribution in [0, 0.1) is 19.8 Å². The molecule has 1 amide bonds. The fourth-order valence-corrected chi connectivity index (χ4v) is 2.84. The van der Waals surface area contributed by atoms with Gasteiger partial charge in [0.1, 0.15) is 5.76 Å². The largest absolute Gasteiger partial charge is 0.361 e. The number of hydrogen-bond donors (Lipinski definition) is 1. The van der Waals surface area contributed by atoms with Crippen molar-refractivity contribution in [2.75, 3.05) is 26.7 Å². The van der Waals surface area contributed by atoms with Gasteiger partial charge in [0.15, 0.2) is 0 Å². The van der Waals surface area contributed by atoms with Crippen LogP contribution in [0.25, 0.3) is 0 Å². The van der Waals surface area contributed by atoms with Gasteiger partial charge in [0.2, 0.25) is 5.91 Å². The molecule has 1 aromatic rings. The molecular weight excluding hydrogens is 254 g/mol. The van der Waals surface area contributed by atoms with E-state index < -0.39 is 0 Å². The lowest BCUT2D eigenvalue weighted by atomic mass is 9.93. The maximum Gasteiger partial charge on any atom is 0.227 e. The van der Waals surface area contributed by atoms with E-state index in [0.29, 0.717) is 6.42 Å². The SMILES string of the molecule is CNCCC1CCN(C(=O)Cc2c(C)noc2C)CC1. The molecule has 0 bridgehead atoms. The molecule has 20 heavy (non-hydrogen) atoms. The highest BCUT2D eigenvalue weighted by Crippen LogP contribution is 2.21. The van der Waals surface area contributed by atoms with Crippen molar-refractivity contribution in [1.29, 1.82) is 0 Å². The van der Waals surface area contributed by atoms with Crippen molar-refractivity contribution in [3.8, 4) is 0 Å². The van der Waals surface area contributed by atoms with Crippen molar-refractivity contribution >= 4 is 5.91 Å². The van der Waals surface area contributed by atoms with Gasteiger partial charge in [0.25, 0.3) is 0 Å². The number of piperidine rings is 1. The van der Waals surface area contributed by atoms with Gasteiger partial charge in [-0.2, -0.15) is 0 Å². The van der Waals surface area contributed by atoms with Gasteiger partial charge in [-0.05, 0) is 52.6 Å². The number of hydrogen-bond acceptors (Lipinski definition) is 4. The second-order valence-electron chi connectivity index (χ2n) is 5.70. The van der Waals surface area contributed by atoms with E-state index in [1.165, 1.54) is 6.42 Å². The summed E-state index contributed by atoms with van der Waals surface area (Å²) in [5, 5.41) is 7.10. The van der Waals surface area contributed by atoms with E-state index in [1.54, 1.807) is 0 Å². The lowest BCUT2D eigenvalue weighted by Gasteiger charge is -2.32. The second kappa shape index (κ2) is 6.88. The van der Waals surface area contributed by atoms with Crippen LogP contribution in [0.4, 0.5) is 0 Å². The Morgan fingerprint density at radius 2 is 2.10 bits per heavy atom. The molecule has 0 atom stereocenters. The topological polar surface area (TPSA) is 58.4 Å². The Kier molecular flexibility index (Phi) is 5.17. The molecule has 0 spiro atoms. The van der Waals surface area contributed by atoms with Gasteiger partial charge >= 0.3 is 0 Å². The molecule has 0 radical (unpaired) electrons. The minimum absolute atomic E-state index is 0.200. The predicted molar refractivity (Wildman–Crippen MR) is 77.5 cm³/mol. The second-order valence-corrected chi connectivity index (χ2v) is 5.70. The number of likely N-dealkylation sites (tertiary alicyclic amines) is 1. The van der Waals surface area contributed by atoms with Crippen LogP contribution in [0.3, 0.4) is 0 Å². The minimum atomic E-state index is 0.200. The summed E-state index contributed by atoms with van der Waals surface area (Å²) >= 11 is 0. The number of carbonyl (C=O) groups excluding carboxylic acids is 1. The van der Waals surface area contributed by atoms with Gasteiger partial charge < -0.3 is 14.7 Å². The summed E-state index contributed by atoms with van der Waals surface area (Å²) in [6.07, 6.45) is 3.87. The number of nitrogens with zero attached hydrogens (tertiary/aromatic N) is 2. The molecule has 0 aromatic carbocycles. The Hall–Kier alpha value is -1.36. The fourth-order valence-electron chi connectivity index (χ4n) is 2.84. The minimum Gasteiger partial charge on any atom is -0.361 e. The molecule has 1 aliphatic rings. The van der Waals surface area contributed by atoms with E-state index in [9.17, 15) is 4.79 Å². The van der Waals surface area contributed by atoms with E-state index in [-0.39, 0.29) is 5.91 Å². The van der Waals surface area contributed by atoms with Crippen molar-refractivity contribution in [2.24, 2.45) is 5.92 Å². The summed E-state index contributed by atoms with van der Waals surface area (Å²) in [6.45, 7) is 6.60. The van der Waals surface area contributed by atoms with Crippen molar-refractivity contribution in [3.05, 3.63) is 17.0 Å². The summed E-state index contributed by atoms with van der Waals surface area (Å²) in [4.78, 5) is 14.3. The van der Waals surface area contributed by atoms with Crippen molar-refractivity contribution in [2.45, 2.75) is 39.5 Å². The molecule has 1 saturated heterocycles. The van der Waals surface area contributed by atoms with Crippen molar-refractivity contribution in [3.63, 3.8) is 0 Å². The molecule has 5 nitrogen and oxygen atoms in total. The molecule has 1 aromatic heterocycles. The third-order valence-corrected chi connectivity index (χ3v) is 4.28.